The number of pyridine rings is 2. The van der Waals surface area contributed by atoms with Crippen LogP contribution in [0.2, 0.25) is 0 Å². The number of nitrogens with zero attached hydrogens (tertiary/aromatic N) is 4. The molecule has 0 amide bonds. The van der Waals surface area contributed by atoms with Crippen LogP contribution in [0.5, 0.6) is 11.5 Å². The van der Waals surface area contributed by atoms with Crippen molar-refractivity contribution in [1.29, 1.82) is 0 Å². The Hall–Kier alpha value is -6.14. The van der Waals surface area contributed by atoms with Crippen LogP contribution in [-0.4, -0.2) is 14.4 Å². The number of para-hydroxylation sites is 3. The minimum absolute atomic E-state index is 0.343. The van der Waals surface area contributed by atoms with Crippen molar-refractivity contribution in [3.63, 3.8) is 0 Å². The van der Waals surface area contributed by atoms with Gasteiger partial charge in [-0.3, -0.25) is 9.30 Å². The van der Waals surface area contributed by atoms with E-state index in [1.54, 1.807) is 0 Å². The summed E-state index contributed by atoms with van der Waals surface area (Å²) < 4.78 is 15.3. The normalized spacial score (nSPS) is 13.9. The summed E-state index contributed by atoms with van der Waals surface area (Å²) >= 11 is 0. The van der Waals surface area contributed by atoms with Gasteiger partial charge in [0, 0.05) is 57.2 Å². The molecule has 9 aromatic rings. The zero-order chi connectivity index (χ0) is 31.3. The first-order chi connectivity index (χ1) is 23.1. The fourth-order valence-corrected chi connectivity index (χ4v) is 7.55. The molecule has 0 aliphatic carbocycles. The number of benzene rings is 5. The smallest absolute Gasteiger partial charge is 0.145 e. The fourth-order valence-electron chi connectivity index (χ4n) is 7.55. The van der Waals surface area contributed by atoms with Gasteiger partial charge in [0.1, 0.15) is 34.1 Å². The third-order valence-corrected chi connectivity index (χ3v) is 9.69. The predicted molar refractivity (Wildman–Crippen MR) is 189 cm³/mol. The molecule has 6 heteroatoms. The summed E-state index contributed by atoms with van der Waals surface area (Å²) in [5, 5.41) is 5.47. The Kier molecular flexibility index (Phi) is 5.24. The number of furan rings is 1. The number of rotatable bonds is 3. The third kappa shape index (κ3) is 3.66. The van der Waals surface area contributed by atoms with Gasteiger partial charge in [-0.1, -0.05) is 74.5 Å². The highest BCUT2D eigenvalue weighted by molar-refractivity contribution is 6.12. The van der Waals surface area contributed by atoms with Gasteiger partial charge in [-0.05, 0) is 59.5 Å². The minimum Gasteiger partial charge on any atom is -0.457 e. The summed E-state index contributed by atoms with van der Waals surface area (Å²) in [6.07, 6.45) is 5.81. The molecule has 0 saturated carbocycles. The Morgan fingerprint density at radius 1 is 0.681 bits per heavy atom. The average molecular weight is 609 g/mol. The summed E-state index contributed by atoms with van der Waals surface area (Å²) in [4.78, 5) is 12.1. The monoisotopic (exact) mass is 608 g/mol. The van der Waals surface area contributed by atoms with E-state index in [2.05, 4.69) is 102 Å². The summed E-state index contributed by atoms with van der Waals surface area (Å²) in [6, 6.07) is 39.7. The quantitative estimate of drug-likeness (QED) is 0.187. The summed E-state index contributed by atoms with van der Waals surface area (Å²) in [5.41, 5.74) is 7.76. The molecule has 0 unspecified atom stereocenters. The molecule has 0 spiro atoms. The second kappa shape index (κ2) is 9.44. The highest BCUT2D eigenvalue weighted by Crippen LogP contribution is 2.54. The number of aromatic nitrogens is 3. The predicted octanol–water partition coefficient (Wildman–Crippen LogP) is 10.8. The lowest BCUT2D eigenvalue weighted by atomic mass is 9.74. The van der Waals surface area contributed by atoms with Crippen molar-refractivity contribution in [3.8, 4) is 11.5 Å². The number of imidazole rings is 1. The van der Waals surface area contributed by atoms with Crippen LogP contribution >= 0.6 is 0 Å². The minimum atomic E-state index is -0.343. The molecule has 0 N–H and O–H groups in total. The van der Waals surface area contributed by atoms with Crippen LogP contribution in [0, 0.1) is 0 Å². The van der Waals surface area contributed by atoms with Crippen molar-refractivity contribution < 1.29 is 9.15 Å². The maximum absolute atomic E-state index is 6.58. The lowest BCUT2D eigenvalue weighted by Crippen LogP contribution is -2.31. The Morgan fingerprint density at radius 3 is 2.43 bits per heavy atom. The van der Waals surface area contributed by atoms with Gasteiger partial charge >= 0.3 is 0 Å². The molecular weight excluding hydrogens is 580 g/mol. The average Bonchev–Trinajstić information content (AvgIpc) is 3.74. The van der Waals surface area contributed by atoms with E-state index in [1.165, 1.54) is 10.9 Å². The zero-order valence-corrected chi connectivity index (χ0v) is 25.8. The summed E-state index contributed by atoms with van der Waals surface area (Å²) in [7, 11) is 0. The van der Waals surface area contributed by atoms with Crippen LogP contribution < -0.4 is 9.64 Å². The van der Waals surface area contributed by atoms with E-state index in [-0.39, 0.29) is 5.41 Å². The van der Waals surface area contributed by atoms with Crippen molar-refractivity contribution in [1.82, 2.24) is 14.4 Å². The first-order valence-corrected chi connectivity index (χ1v) is 15.8. The lowest BCUT2D eigenvalue weighted by molar-refractivity contribution is 0.483. The van der Waals surface area contributed by atoms with Gasteiger partial charge in [0.2, 0.25) is 0 Å². The first-order valence-electron chi connectivity index (χ1n) is 15.8. The lowest BCUT2D eigenvalue weighted by Gasteiger charge is -2.40. The van der Waals surface area contributed by atoms with Crippen LogP contribution in [-0.2, 0) is 5.41 Å². The van der Waals surface area contributed by atoms with Crippen LogP contribution in [0.25, 0.3) is 49.3 Å². The number of ether oxygens (including phenoxy) is 1. The number of anilines is 3. The molecule has 10 rings (SSSR count). The highest BCUT2D eigenvalue weighted by Gasteiger charge is 2.40. The molecule has 5 aromatic carbocycles. The SMILES string of the molecule is CC1(C)c2ccccc2N(c2cccc(Oc3ccc4c5ccccc5n5ccnc5c4c3)c2)c2ncc3c(oc4ccccc43)c21. The molecule has 4 aromatic heterocycles. The maximum Gasteiger partial charge on any atom is 0.145 e. The largest absolute Gasteiger partial charge is 0.457 e. The van der Waals surface area contributed by atoms with Gasteiger partial charge in [-0.2, -0.15) is 0 Å². The molecule has 47 heavy (non-hydrogen) atoms. The van der Waals surface area contributed by atoms with Gasteiger partial charge in [-0.25, -0.2) is 9.97 Å². The summed E-state index contributed by atoms with van der Waals surface area (Å²) in [6.45, 7) is 4.52. The second-order valence-electron chi connectivity index (χ2n) is 12.7. The van der Waals surface area contributed by atoms with Crippen molar-refractivity contribution in [2.24, 2.45) is 0 Å². The molecule has 1 aliphatic heterocycles. The Balaban J connectivity index is 1.12. The van der Waals surface area contributed by atoms with Crippen molar-refractivity contribution in [2.45, 2.75) is 19.3 Å². The van der Waals surface area contributed by atoms with Crippen molar-refractivity contribution in [2.75, 3.05) is 4.90 Å². The van der Waals surface area contributed by atoms with Gasteiger partial charge in [-0.15, -0.1) is 0 Å². The van der Waals surface area contributed by atoms with Gasteiger partial charge in [0.25, 0.3) is 0 Å². The van der Waals surface area contributed by atoms with Crippen molar-refractivity contribution in [3.05, 3.63) is 145 Å². The third-order valence-electron chi connectivity index (χ3n) is 9.69. The van der Waals surface area contributed by atoms with Crippen LogP contribution in [0.1, 0.15) is 25.0 Å². The Morgan fingerprint density at radius 2 is 1.49 bits per heavy atom. The van der Waals surface area contributed by atoms with Crippen LogP contribution in [0.4, 0.5) is 17.2 Å². The molecule has 1 aliphatic rings. The van der Waals surface area contributed by atoms with Gasteiger partial charge < -0.3 is 9.15 Å². The molecule has 224 valence electrons. The second-order valence-corrected chi connectivity index (χ2v) is 12.7. The number of fused-ring (bicyclic) bond motifs is 12. The summed E-state index contributed by atoms with van der Waals surface area (Å²) in [5.74, 6) is 2.34. The van der Waals surface area contributed by atoms with E-state index in [0.29, 0.717) is 0 Å². The first kappa shape index (κ1) is 26.1. The number of hydrogen-bond donors (Lipinski definition) is 0. The van der Waals surface area contributed by atoms with E-state index in [9.17, 15) is 0 Å². The Bertz CT molecular complexity index is 2720. The fraction of sp³-hybridized carbons (Fsp3) is 0.0732. The zero-order valence-electron chi connectivity index (χ0n) is 25.8. The van der Waals surface area contributed by atoms with Crippen LogP contribution in [0.3, 0.4) is 0 Å². The van der Waals surface area contributed by atoms with E-state index >= 15 is 0 Å². The molecule has 0 saturated heterocycles. The van der Waals surface area contributed by atoms with E-state index in [4.69, 9.17) is 19.1 Å². The van der Waals surface area contributed by atoms with E-state index in [1.807, 2.05) is 55.0 Å². The molecular formula is C41H28N4O2. The molecule has 0 atom stereocenters. The molecule has 0 fully saturated rings. The Labute approximate surface area is 270 Å². The standard InChI is InChI=1S/C41H28N4O2/c1-41(2)33-14-5-7-16-35(33)45(40-37(41)38-32(24-43-40)30-13-4-8-17-36(30)47-38)25-10-9-11-26(22-25)46-27-18-19-28-29-12-3-6-15-34(29)44-21-20-42-39(44)31(28)23-27/h3-24H,1-2H3. The van der Waals surface area contributed by atoms with E-state index < -0.39 is 0 Å². The topological polar surface area (TPSA) is 55.8 Å². The van der Waals surface area contributed by atoms with E-state index in [0.717, 1.165) is 78.1 Å². The van der Waals surface area contributed by atoms with Gasteiger partial charge in [0.05, 0.1) is 16.9 Å². The van der Waals surface area contributed by atoms with Gasteiger partial charge in [0.15, 0.2) is 0 Å². The number of hydrogen-bond acceptors (Lipinski definition) is 5. The molecule has 0 radical (unpaired) electrons. The van der Waals surface area contributed by atoms with Crippen molar-refractivity contribution >= 4 is 66.5 Å². The highest BCUT2D eigenvalue weighted by atomic mass is 16.5. The van der Waals surface area contributed by atoms with Crippen LogP contribution in [0.15, 0.2) is 138 Å². The molecule has 5 heterocycles. The molecule has 0 bridgehead atoms. The molecule has 6 nitrogen and oxygen atoms in total. The maximum atomic E-state index is 6.58.